The van der Waals surface area contributed by atoms with Crippen LogP contribution in [0.1, 0.15) is 59.3 Å². The number of hydrogen-bond donors (Lipinski definition) is 3. The molecule has 2 saturated heterocycles. The highest BCUT2D eigenvalue weighted by atomic mass is 16.1. The maximum Gasteiger partial charge on any atom is 0.221 e. The van der Waals surface area contributed by atoms with Crippen LogP contribution in [0.3, 0.4) is 0 Å². The number of hydrogen-bond acceptors (Lipinski definition) is 5. The van der Waals surface area contributed by atoms with Crippen molar-refractivity contribution < 1.29 is 9.59 Å². The Morgan fingerprint density at radius 2 is 1.37 bits per heavy atom. The maximum absolute atomic E-state index is 12.1. The lowest BCUT2D eigenvalue weighted by Gasteiger charge is -2.40. The van der Waals surface area contributed by atoms with Crippen LogP contribution in [0.15, 0.2) is 0 Å². The van der Waals surface area contributed by atoms with Crippen LogP contribution in [0.2, 0.25) is 0 Å². The van der Waals surface area contributed by atoms with Gasteiger partial charge in [0.2, 0.25) is 11.8 Å². The Morgan fingerprint density at radius 3 is 1.83 bits per heavy atom. The molecule has 2 rings (SSSR count). The van der Waals surface area contributed by atoms with Gasteiger partial charge >= 0.3 is 0 Å². The first kappa shape index (κ1) is 25.1. The van der Waals surface area contributed by atoms with Gasteiger partial charge in [0.15, 0.2) is 0 Å². The molecule has 2 aliphatic heterocycles. The topological polar surface area (TPSA) is 90.7 Å². The molecule has 7 heteroatoms. The number of carbonyl (C=O) groups is 2. The first-order chi connectivity index (χ1) is 14.2. The number of primary amides is 1. The fourth-order valence-corrected chi connectivity index (χ4v) is 4.67. The molecule has 2 fully saturated rings. The lowest BCUT2D eigenvalue weighted by Crippen LogP contribution is -2.42. The second-order valence-electron chi connectivity index (χ2n) is 10.4. The van der Waals surface area contributed by atoms with Crippen molar-refractivity contribution in [2.45, 2.75) is 59.3 Å². The van der Waals surface area contributed by atoms with Crippen LogP contribution < -0.4 is 16.4 Å². The highest BCUT2D eigenvalue weighted by molar-refractivity contribution is 5.76. The number of nitrogens with zero attached hydrogens (tertiary/aromatic N) is 2. The summed E-state index contributed by atoms with van der Waals surface area (Å²) in [4.78, 5) is 27.9. The molecule has 0 saturated carbocycles. The summed E-state index contributed by atoms with van der Waals surface area (Å²) in [6, 6.07) is 0. The molecule has 0 aliphatic carbocycles. The Labute approximate surface area is 183 Å². The van der Waals surface area contributed by atoms with Gasteiger partial charge in [-0.25, -0.2) is 0 Å². The third-order valence-corrected chi connectivity index (χ3v) is 6.54. The maximum atomic E-state index is 12.1. The predicted molar refractivity (Wildman–Crippen MR) is 122 cm³/mol. The van der Waals surface area contributed by atoms with Gasteiger partial charge in [0.05, 0.1) is 0 Å². The molecule has 0 aromatic carbocycles. The fourth-order valence-electron chi connectivity index (χ4n) is 4.67. The zero-order chi connectivity index (χ0) is 22.0. The van der Waals surface area contributed by atoms with Crippen LogP contribution in [0.25, 0.3) is 0 Å². The van der Waals surface area contributed by atoms with Crippen molar-refractivity contribution in [3.05, 3.63) is 0 Å². The third kappa shape index (κ3) is 10.2. The van der Waals surface area contributed by atoms with Gasteiger partial charge in [0.25, 0.3) is 0 Å². The second-order valence-corrected chi connectivity index (χ2v) is 10.4. The molecule has 174 valence electrons. The highest BCUT2D eigenvalue weighted by Crippen LogP contribution is 2.32. The van der Waals surface area contributed by atoms with E-state index in [1.165, 1.54) is 25.7 Å². The van der Waals surface area contributed by atoms with Crippen LogP contribution in [0.4, 0.5) is 0 Å². The third-order valence-electron chi connectivity index (χ3n) is 6.54. The number of nitrogens with one attached hydrogen (secondary N) is 2. The predicted octanol–water partition coefficient (Wildman–Crippen LogP) is 1.43. The molecule has 2 aliphatic rings. The largest absolute Gasteiger partial charge is 0.370 e. The molecule has 0 bridgehead atoms. The van der Waals surface area contributed by atoms with Gasteiger partial charge in [-0.3, -0.25) is 9.59 Å². The van der Waals surface area contributed by atoms with Crippen LogP contribution in [-0.4, -0.2) is 80.5 Å². The first-order valence-corrected chi connectivity index (χ1v) is 11.9. The van der Waals surface area contributed by atoms with E-state index in [1.54, 1.807) is 0 Å². The molecule has 0 unspecified atom stereocenters. The van der Waals surface area contributed by atoms with Crippen molar-refractivity contribution in [1.29, 1.82) is 0 Å². The molecule has 2 amide bonds. The normalized spacial score (nSPS) is 20.4. The van der Waals surface area contributed by atoms with Crippen molar-refractivity contribution in [3.8, 4) is 0 Å². The number of rotatable bonds is 11. The van der Waals surface area contributed by atoms with Crippen LogP contribution in [-0.2, 0) is 9.59 Å². The van der Waals surface area contributed by atoms with Crippen LogP contribution >= 0.6 is 0 Å². The Kier molecular flexibility index (Phi) is 10.6. The summed E-state index contributed by atoms with van der Waals surface area (Å²) in [7, 11) is 0. The average molecular weight is 424 g/mol. The van der Waals surface area contributed by atoms with Gasteiger partial charge in [-0.15, -0.1) is 0 Å². The molecule has 0 atom stereocenters. The van der Waals surface area contributed by atoms with E-state index in [2.05, 4.69) is 41.2 Å². The van der Waals surface area contributed by atoms with Gasteiger partial charge in [0, 0.05) is 45.6 Å². The van der Waals surface area contributed by atoms with Gasteiger partial charge < -0.3 is 26.2 Å². The monoisotopic (exact) mass is 423 g/mol. The zero-order valence-electron chi connectivity index (χ0n) is 19.5. The summed E-state index contributed by atoms with van der Waals surface area (Å²) in [6.45, 7) is 15.2. The van der Waals surface area contributed by atoms with Gasteiger partial charge in [0.1, 0.15) is 0 Å². The molecule has 0 radical (unpaired) electrons. The quantitative estimate of drug-likeness (QED) is 0.437. The Balaban J connectivity index is 1.52. The summed E-state index contributed by atoms with van der Waals surface area (Å²) in [5.74, 6) is 1.61. The van der Waals surface area contributed by atoms with Crippen molar-refractivity contribution in [2.75, 3.05) is 58.9 Å². The minimum atomic E-state index is -0.199. The highest BCUT2D eigenvalue weighted by Gasteiger charge is 2.29. The average Bonchev–Trinajstić information content (AvgIpc) is 2.70. The summed E-state index contributed by atoms with van der Waals surface area (Å²) < 4.78 is 0. The number of nitrogens with two attached hydrogens (primary N) is 1. The molecule has 0 spiro atoms. The molecular weight excluding hydrogens is 378 g/mol. The van der Waals surface area contributed by atoms with Crippen LogP contribution in [0.5, 0.6) is 0 Å². The zero-order valence-corrected chi connectivity index (χ0v) is 19.5. The fraction of sp³-hybridized carbons (Fsp3) is 0.913. The van der Waals surface area contributed by atoms with Crippen molar-refractivity contribution in [1.82, 2.24) is 20.4 Å². The summed E-state index contributed by atoms with van der Waals surface area (Å²) in [5, 5.41) is 6.42. The van der Waals surface area contributed by atoms with Crippen molar-refractivity contribution in [2.24, 2.45) is 23.0 Å². The van der Waals surface area contributed by atoms with Gasteiger partial charge in [-0.1, -0.05) is 20.8 Å². The van der Waals surface area contributed by atoms with Crippen molar-refractivity contribution in [3.63, 3.8) is 0 Å². The van der Waals surface area contributed by atoms with E-state index in [4.69, 9.17) is 5.73 Å². The van der Waals surface area contributed by atoms with E-state index in [1.807, 2.05) is 0 Å². The molecule has 2 heterocycles. The number of amides is 2. The van der Waals surface area contributed by atoms with E-state index < -0.39 is 0 Å². The number of carbonyl (C=O) groups excluding carboxylic acids is 2. The van der Waals surface area contributed by atoms with E-state index >= 15 is 0 Å². The summed E-state index contributed by atoms with van der Waals surface area (Å²) in [5.41, 5.74) is 5.54. The first-order valence-electron chi connectivity index (χ1n) is 11.9. The van der Waals surface area contributed by atoms with Gasteiger partial charge in [-0.2, -0.15) is 0 Å². The van der Waals surface area contributed by atoms with Gasteiger partial charge in [-0.05, 0) is 69.1 Å². The van der Waals surface area contributed by atoms with Crippen LogP contribution in [0, 0.1) is 17.3 Å². The van der Waals surface area contributed by atoms with Crippen molar-refractivity contribution >= 4 is 11.8 Å². The number of piperidine rings is 2. The van der Waals surface area contributed by atoms with E-state index in [0.29, 0.717) is 19.4 Å². The Bertz CT molecular complexity index is 518. The molecule has 4 N–H and O–H groups in total. The lowest BCUT2D eigenvalue weighted by atomic mass is 9.79. The minimum Gasteiger partial charge on any atom is -0.370 e. The Morgan fingerprint density at radius 1 is 0.867 bits per heavy atom. The second kappa shape index (κ2) is 12.6. The Hall–Kier alpha value is -1.18. The molecule has 7 nitrogen and oxygen atoms in total. The van der Waals surface area contributed by atoms with E-state index in [9.17, 15) is 9.59 Å². The molecule has 30 heavy (non-hydrogen) atoms. The summed E-state index contributed by atoms with van der Waals surface area (Å²) >= 11 is 0. The standard InChI is InChI=1S/C23H45N5O2/c1-23(2,3)18-25-10-11-26-22(30)9-17-28-14-6-20(7-15-28)19-4-12-27(13-5-19)16-8-21(24)29/h19-20,25H,4-18H2,1-3H3,(H2,24,29)(H,26,30). The van der Waals surface area contributed by atoms with E-state index in [0.717, 1.165) is 64.2 Å². The molecular formula is C23H45N5O2. The lowest BCUT2D eigenvalue weighted by molar-refractivity contribution is -0.121. The van der Waals surface area contributed by atoms with E-state index in [-0.39, 0.29) is 17.2 Å². The smallest absolute Gasteiger partial charge is 0.221 e. The molecule has 0 aromatic heterocycles. The summed E-state index contributed by atoms with van der Waals surface area (Å²) in [6.07, 6.45) is 6.07. The number of likely N-dealkylation sites (tertiary alicyclic amines) is 2. The molecule has 0 aromatic rings. The SMILES string of the molecule is CC(C)(C)CNCCNC(=O)CCN1CCC(C2CCN(CCC(N)=O)CC2)CC1. The minimum absolute atomic E-state index is 0.165.